The predicted octanol–water partition coefficient (Wildman–Crippen LogP) is 4.01. The van der Waals surface area contributed by atoms with Crippen molar-refractivity contribution < 1.29 is 9.18 Å². The van der Waals surface area contributed by atoms with Crippen LogP contribution in [-0.2, 0) is 11.3 Å². The number of aromatic nitrogens is 2. The number of benzene rings is 2. The Kier molecular flexibility index (Phi) is 4.24. The van der Waals surface area contributed by atoms with Crippen LogP contribution in [0.5, 0.6) is 0 Å². The minimum atomic E-state index is -0.407. The van der Waals surface area contributed by atoms with Crippen LogP contribution in [0.1, 0.15) is 11.1 Å². The predicted molar refractivity (Wildman–Crippen MR) is 106 cm³/mol. The van der Waals surface area contributed by atoms with Crippen molar-refractivity contribution in [1.82, 2.24) is 9.55 Å². The summed E-state index contributed by atoms with van der Waals surface area (Å²) in [6.07, 6.45) is 1.30. The highest BCUT2D eigenvalue weighted by molar-refractivity contribution is 7.25. The molecule has 0 radical (unpaired) electrons. The molecule has 136 valence electrons. The van der Waals surface area contributed by atoms with Gasteiger partial charge in [0.25, 0.3) is 5.56 Å². The molecule has 0 unspecified atom stereocenters. The van der Waals surface area contributed by atoms with Gasteiger partial charge in [0.05, 0.1) is 17.2 Å². The van der Waals surface area contributed by atoms with Gasteiger partial charge in [-0.2, -0.15) is 0 Å². The summed E-state index contributed by atoms with van der Waals surface area (Å²) in [6.45, 7) is 3.74. The molecule has 0 bridgehead atoms. The Hall–Kier alpha value is -3.06. The van der Waals surface area contributed by atoms with Crippen LogP contribution in [-0.4, -0.2) is 15.5 Å². The second kappa shape index (κ2) is 6.59. The van der Waals surface area contributed by atoms with E-state index in [-0.39, 0.29) is 18.0 Å². The monoisotopic (exact) mass is 381 g/mol. The summed E-state index contributed by atoms with van der Waals surface area (Å²) in [4.78, 5) is 29.3. The highest BCUT2D eigenvalue weighted by Gasteiger charge is 2.15. The van der Waals surface area contributed by atoms with Crippen molar-refractivity contribution in [2.45, 2.75) is 20.4 Å². The van der Waals surface area contributed by atoms with Crippen LogP contribution in [0.4, 0.5) is 10.1 Å². The Bertz CT molecular complexity index is 1240. The lowest BCUT2D eigenvalue weighted by atomic mass is 10.1. The lowest BCUT2D eigenvalue weighted by Crippen LogP contribution is -2.27. The number of anilines is 1. The largest absolute Gasteiger partial charge is 0.325 e. The van der Waals surface area contributed by atoms with E-state index in [1.165, 1.54) is 28.3 Å². The van der Waals surface area contributed by atoms with Crippen LogP contribution >= 0.6 is 11.3 Å². The Morgan fingerprint density at radius 3 is 2.70 bits per heavy atom. The quantitative estimate of drug-likeness (QED) is 0.583. The first-order chi connectivity index (χ1) is 12.9. The number of halogens is 1. The van der Waals surface area contributed by atoms with E-state index < -0.39 is 5.82 Å². The van der Waals surface area contributed by atoms with E-state index in [0.717, 1.165) is 11.1 Å². The van der Waals surface area contributed by atoms with Crippen molar-refractivity contribution in [1.29, 1.82) is 0 Å². The maximum atomic E-state index is 14.1. The summed E-state index contributed by atoms with van der Waals surface area (Å²) in [5.41, 5.74) is 2.75. The maximum Gasteiger partial charge on any atom is 0.271 e. The molecule has 0 spiro atoms. The Morgan fingerprint density at radius 1 is 1.22 bits per heavy atom. The normalized spacial score (nSPS) is 11.2. The van der Waals surface area contributed by atoms with Crippen molar-refractivity contribution in [3.8, 4) is 0 Å². The van der Waals surface area contributed by atoms with Crippen LogP contribution in [0.2, 0.25) is 0 Å². The summed E-state index contributed by atoms with van der Waals surface area (Å²) < 4.78 is 16.3. The van der Waals surface area contributed by atoms with Crippen LogP contribution in [0.3, 0.4) is 0 Å². The number of hydrogen-bond donors (Lipinski definition) is 1. The van der Waals surface area contributed by atoms with Crippen LogP contribution < -0.4 is 10.9 Å². The molecular formula is C20H16FN3O2S. The molecule has 5 nitrogen and oxygen atoms in total. The third kappa shape index (κ3) is 3.21. The van der Waals surface area contributed by atoms with Gasteiger partial charge in [0, 0.05) is 10.4 Å². The van der Waals surface area contributed by atoms with Gasteiger partial charge in [-0.15, -0.1) is 11.3 Å². The zero-order chi connectivity index (χ0) is 19.1. The third-order valence-electron chi connectivity index (χ3n) is 4.24. The summed E-state index contributed by atoms with van der Waals surface area (Å²) in [7, 11) is 0. The van der Waals surface area contributed by atoms with Gasteiger partial charge < -0.3 is 5.32 Å². The molecule has 0 aliphatic heterocycles. The molecule has 4 aromatic rings. The van der Waals surface area contributed by atoms with E-state index in [2.05, 4.69) is 10.3 Å². The number of carbonyl (C=O) groups excluding carboxylic acids is 1. The number of aryl methyl sites for hydroxylation is 2. The molecule has 0 fully saturated rings. The second-order valence-electron chi connectivity index (χ2n) is 6.49. The minimum Gasteiger partial charge on any atom is -0.325 e. The fraction of sp³-hybridized carbons (Fsp3) is 0.150. The molecule has 0 saturated carbocycles. The zero-order valence-corrected chi connectivity index (χ0v) is 15.6. The first-order valence-corrected chi connectivity index (χ1v) is 9.18. The lowest BCUT2D eigenvalue weighted by Gasteiger charge is -2.09. The molecule has 0 atom stereocenters. The van der Waals surface area contributed by atoms with Gasteiger partial charge in [-0.25, -0.2) is 9.37 Å². The fourth-order valence-corrected chi connectivity index (χ4v) is 4.30. The van der Waals surface area contributed by atoms with Gasteiger partial charge in [0.1, 0.15) is 17.1 Å². The van der Waals surface area contributed by atoms with Crippen molar-refractivity contribution in [2.75, 3.05) is 5.32 Å². The van der Waals surface area contributed by atoms with E-state index in [0.29, 0.717) is 26.0 Å². The van der Waals surface area contributed by atoms with E-state index >= 15 is 0 Å². The molecule has 7 heteroatoms. The van der Waals surface area contributed by atoms with Crippen LogP contribution in [0, 0.1) is 19.7 Å². The number of nitrogens with one attached hydrogen (secondary N) is 1. The number of fused-ring (bicyclic) bond motifs is 3. The first-order valence-electron chi connectivity index (χ1n) is 8.36. The molecule has 1 N–H and O–H groups in total. The standard InChI is InChI=1S/C20H16FN3O2S/c1-11-6-12(2)8-13(7-11)23-16(25)9-24-10-22-18-17-14(21)4-3-5-15(17)27-19(18)20(24)26/h3-8,10H,9H2,1-2H3,(H,23,25). The summed E-state index contributed by atoms with van der Waals surface area (Å²) in [5.74, 6) is -0.730. The molecule has 0 aliphatic rings. The van der Waals surface area contributed by atoms with Gasteiger partial charge in [0.15, 0.2) is 0 Å². The number of rotatable bonds is 3. The number of thiophene rings is 1. The second-order valence-corrected chi connectivity index (χ2v) is 7.55. The first kappa shape index (κ1) is 17.4. The lowest BCUT2D eigenvalue weighted by molar-refractivity contribution is -0.116. The van der Waals surface area contributed by atoms with Gasteiger partial charge in [0.2, 0.25) is 5.91 Å². The Morgan fingerprint density at radius 2 is 1.96 bits per heavy atom. The van der Waals surface area contributed by atoms with E-state index in [9.17, 15) is 14.0 Å². The van der Waals surface area contributed by atoms with Crippen LogP contribution in [0.15, 0.2) is 47.5 Å². The highest BCUT2D eigenvalue weighted by atomic mass is 32.1. The summed E-state index contributed by atoms with van der Waals surface area (Å²) in [5, 5.41) is 3.15. The molecule has 27 heavy (non-hydrogen) atoms. The summed E-state index contributed by atoms with van der Waals surface area (Å²) >= 11 is 1.18. The fourth-order valence-electron chi connectivity index (χ4n) is 3.18. The number of carbonyl (C=O) groups is 1. The Labute approximate surface area is 158 Å². The topological polar surface area (TPSA) is 64.0 Å². The SMILES string of the molecule is Cc1cc(C)cc(NC(=O)Cn2cnc3c(sc4cccc(F)c43)c2=O)c1. The Balaban J connectivity index is 1.67. The van der Waals surface area contributed by atoms with Gasteiger partial charge in [-0.3, -0.25) is 14.2 Å². The van der Waals surface area contributed by atoms with Gasteiger partial charge >= 0.3 is 0 Å². The van der Waals surface area contributed by atoms with Gasteiger partial charge in [-0.05, 0) is 49.2 Å². The third-order valence-corrected chi connectivity index (χ3v) is 5.37. The highest BCUT2D eigenvalue weighted by Crippen LogP contribution is 2.31. The number of amides is 1. The average molecular weight is 381 g/mol. The molecule has 4 rings (SSSR count). The van der Waals surface area contributed by atoms with E-state index in [4.69, 9.17) is 0 Å². The minimum absolute atomic E-state index is 0.161. The molecule has 2 aromatic carbocycles. The summed E-state index contributed by atoms with van der Waals surface area (Å²) in [6, 6.07) is 10.4. The maximum absolute atomic E-state index is 14.1. The molecular weight excluding hydrogens is 365 g/mol. The van der Waals surface area contributed by atoms with Crippen molar-refractivity contribution in [2.24, 2.45) is 0 Å². The average Bonchev–Trinajstić information content (AvgIpc) is 2.97. The van der Waals surface area contributed by atoms with Crippen LogP contribution in [0.25, 0.3) is 20.3 Å². The van der Waals surface area contributed by atoms with E-state index in [1.807, 2.05) is 32.0 Å². The van der Waals surface area contributed by atoms with Crippen molar-refractivity contribution in [3.05, 3.63) is 70.0 Å². The molecule has 0 saturated heterocycles. The number of hydrogen-bond acceptors (Lipinski definition) is 4. The van der Waals surface area contributed by atoms with Crippen molar-refractivity contribution >= 4 is 43.2 Å². The van der Waals surface area contributed by atoms with Gasteiger partial charge in [-0.1, -0.05) is 12.1 Å². The number of nitrogens with zero attached hydrogens (tertiary/aromatic N) is 2. The molecule has 2 aromatic heterocycles. The zero-order valence-electron chi connectivity index (χ0n) is 14.7. The molecule has 2 heterocycles. The van der Waals surface area contributed by atoms with Crippen molar-refractivity contribution in [3.63, 3.8) is 0 Å². The smallest absolute Gasteiger partial charge is 0.271 e. The van der Waals surface area contributed by atoms with E-state index in [1.54, 1.807) is 12.1 Å². The molecule has 0 aliphatic carbocycles. The molecule has 1 amide bonds.